The summed E-state index contributed by atoms with van der Waals surface area (Å²) in [6.45, 7) is 0.218. The second kappa shape index (κ2) is 7.45. The Hall–Kier alpha value is -3.72. The van der Waals surface area contributed by atoms with E-state index in [9.17, 15) is 4.79 Å². The molecule has 0 radical (unpaired) electrons. The van der Waals surface area contributed by atoms with Crippen molar-refractivity contribution in [2.45, 2.75) is 31.7 Å². The molecule has 9 nitrogen and oxygen atoms in total. The molecule has 0 saturated heterocycles. The maximum absolute atomic E-state index is 12.5. The number of carbonyl (C=O) groups excluding carboxylic acids is 1. The Morgan fingerprint density at radius 3 is 2.97 bits per heavy atom. The zero-order valence-corrected chi connectivity index (χ0v) is 17.7. The average Bonchev–Trinajstić information content (AvgIpc) is 3.21. The first kappa shape index (κ1) is 19.0. The molecule has 0 bridgehead atoms. The van der Waals surface area contributed by atoms with Gasteiger partial charge in [0.2, 0.25) is 5.89 Å². The van der Waals surface area contributed by atoms with Crippen molar-refractivity contribution in [2.24, 2.45) is 0 Å². The monoisotopic (exact) mass is 447 g/mol. The normalized spacial score (nSPS) is 13.8. The molecule has 1 aliphatic rings. The number of aromatic nitrogens is 6. The predicted molar refractivity (Wildman–Crippen MR) is 116 cm³/mol. The van der Waals surface area contributed by atoms with Crippen LogP contribution in [0, 0.1) is 0 Å². The van der Waals surface area contributed by atoms with Crippen molar-refractivity contribution >= 4 is 28.7 Å². The molecule has 0 aliphatic heterocycles. The topological polar surface area (TPSA) is 103 Å². The number of hydrogen-bond acceptors (Lipinski definition) is 6. The van der Waals surface area contributed by atoms with Crippen LogP contribution in [0.3, 0.4) is 0 Å². The van der Waals surface area contributed by atoms with Gasteiger partial charge in [0.05, 0.1) is 36.2 Å². The fourth-order valence-electron chi connectivity index (χ4n) is 3.77. The highest BCUT2D eigenvalue weighted by atomic mass is 35.5. The summed E-state index contributed by atoms with van der Waals surface area (Å²) in [7, 11) is 0. The van der Waals surface area contributed by atoms with Crippen molar-refractivity contribution in [3.63, 3.8) is 0 Å². The Bertz CT molecular complexity index is 1460. The molecule has 5 aromatic rings. The molecular formula is C22H18ClN7O2. The van der Waals surface area contributed by atoms with E-state index >= 15 is 0 Å². The van der Waals surface area contributed by atoms with E-state index in [1.54, 1.807) is 18.5 Å². The summed E-state index contributed by atoms with van der Waals surface area (Å²) in [4.78, 5) is 25.6. The number of pyridine rings is 2. The third-order valence-electron chi connectivity index (χ3n) is 5.57. The maximum atomic E-state index is 12.5. The summed E-state index contributed by atoms with van der Waals surface area (Å²) in [5.41, 5.74) is 4.53. The molecule has 0 spiro atoms. The van der Waals surface area contributed by atoms with Gasteiger partial charge in [-0.05, 0) is 42.5 Å². The van der Waals surface area contributed by atoms with Crippen molar-refractivity contribution in [2.75, 3.05) is 0 Å². The number of imidazole rings is 2. The molecule has 1 fully saturated rings. The van der Waals surface area contributed by atoms with Gasteiger partial charge in [0.1, 0.15) is 5.65 Å². The molecular weight excluding hydrogens is 430 g/mol. The van der Waals surface area contributed by atoms with Crippen LogP contribution in [0.1, 0.15) is 52.2 Å². The number of fused-ring (bicyclic) bond motifs is 2. The number of hydrogen-bond donors (Lipinski definition) is 1. The van der Waals surface area contributed by atoms with Gasteiger partial charge in [-0.3, -0.25) is 4.79 Å². The number of rotatable bonds is 6. The molecule has 0 aromatic carbocycles. The van der Waals surface area contributed by atoms with Crippen LogP contribution in [0.5, 0.6) is 0 Å². The molecule has 160 valence electrons. The SMILES string of the molecule is O=C(NCc1ncn2ccc(Cl)cc12)c1noc(Cc2cn3cc(C4CC4)ccc3n2)n1. The van der Waals surface area contributed by atoms with Crippen LogP contribution >= 0.6 is 11.6 Å². The van der Waals surface area contributed by atoms with Crippen LogP contribution in [-0.4, -0.2) is 34.8 Å². The van der Waals surface area contributed by atoms with Crippen molar-refractivity contribution in [3.8, 4) is 0 Å². The number of carbonyl (C=O) groups is 1. The first-order valence-corrected chi connectivity index (χ1v) is 10.7. The van der Waals surface area contributed by atoms with Gasteiger partial charge < -0.3 is 18.6 Å². The van der Waals surface area contributed by atoms with Crippen molar-refractivity contribution < 1.29 is 9.32 Å². The van der Waals surface area contributed by atoms with Gasteiger partial charge in [0, 0.05) is 23.6 Å². The van der Waals surface area contributed by atoms with E-state index < -0.39 is 5.91 Å². The third-order valence-corrected chi connectivity index (χ3v) is 5.81. The lowest BCUT2D eigenvalue weighted by atomic mass is 10.2. The van der Waals surface area contributed by atoms with E-state index in [-0.39, 0.29) is 12.4 Å². The molecule has 1 aliphatic carbocycles. The van der Waals surface area contributed by atoms with Crippen LogP contribution in [-0.2, 0) is 13.0 Å². The molecule has 10 heteroatoms. The van der Waals surface area contributed by atoms with Crippen LogP contribution in [0.15, 0.2) is 53.7 Å². The Morgan fingerprint density at radius 2 is 2.09 bits per heavy atom. The quantitative estimate of drug-likeness (QED) is 0.428. The van der Waals surface area contributed by atoms with Crippen LogP contribution in [0.4, 0.5) is 0 Å². The van der Waals surface area contributed by atoms with Crippen molar-refractivity contribution in [1.82, 2.24) is 34.2 Å². The van der Waals surface area contributed by atoms with E-state index in [4.69, 9.17) is 16.1 Å². The fourth-order valence-corrected chi connectivity index (χ4v) is 3.93. The first-order chi connectivity index (χ1) is 15.6. The van der Waals surface area contributed by atoms with Crippen LogP contribution in [0.25, 0.3) is 11.2 Å². The standard InChI is InChI=1S/C22H18ClN7O2/c23-15-5-6-29-12-25-17(18(29)7-15)9-24-22(31)21-27-20(32-28-21)8-16-11-30-10-14(13-1-2-13)3-4-19(30)26-16/h3-7,10-13H,1-2,8-9H2,(H,24,31). The second-order valence-electron chi connectivity index (χ2n) is 7.93. The Morgan fingerprint density at radius 1 is 1.19 bits per heavy atom. The molecule has 5 aromatic heterocycles. The van der Waals surface area contributed by atoms with E-state index in [1.807, 2.05) is 27.3 Å². The van der Waals surface area contributed by atoms with Gasteiger partial charge in [-0.15, -0.1) is 0 Å². The Kier molecular flexibility index (Phi) is 4.43. The van der Waals surface area contributed by atoms with Crippen molar-refractivity contribution in [3.05, 3.63) is 82.9 Å². The zero-order valence-electron chi connectivity index (χ0n) is 16.9. The van der Waals surface area contributed by atoms with E-state index in [2.05, 4.69) is 37.7 Å². The minimum Gasteiger partial charge on any atom is -0.343 e. The second-order valence-corrected chi connectivity index (χ2v) is 8.37. The highest BCUT2D eigenvalue weighted by molar-refractivity contribution is 6.30. The van der Waals surface area contributed by atoms with Gasteiger partial charge in [-0.25, -0.2) is 9.97 Å². The average molecular weight is 448 g/mol. The largest absolute Gasteiger partial charge is 0.343 e. The number of nitrogens with zero attached hydrogens (tertiary/aromatic N) is 6. The van der Waals surface area contributed by atoms with Gasteiger partial charge in [-0.1, -0.05) is 22.8 Å². The van der Waals surface area contributed by atoms with Crippen LogP contribution < -0.4 is 5.32 Å². The smallest absolute Gasteiger partial charge is 0.293 e. The minimum atomic E-state index is -0.438. The summed E-state index contributed by atoms with van der Waals surface area (Å²) >= 11 is 6.06. The third kappa shape index (κ3) is 3.60. The van der Waals surface area contributed by atoms with Gasteiger partial charge in [0.25, 0.3) is 11.7 Å². The lowest BCUT2D eigenvalue weighted by Gasteiger charge is -2.01. The molecule has 0 unspecified atom stereocenters. The highest BCUT2D eigenvalue weighted by Gasteiger charge is 2.24. The molecule has 32 heavy (non-hydrogen) atoms. The summed E-state index contributed by atoms with van der Waals surface area (Å²) < 4.78 is 9.13. The van der Waals surface area contributed by atoms with Crippen molar-refractivity contribution in [1.29, 1.82) is 0 Å². The first-order valence-electron chi connectivity index (χ1n) is 10.3. The number of nitrogens with one attached hydrogen (secondary N) is 1. The molecule has 1 amide bonds. The van der Waals surface area contributed by atoms with Gasteiger partial charge in [0.15, 0.2) is 0 Å². The highest BCUT2D eigenvalue weighted by Crippen LogP contribution is 2.39. The summed E-state index contributed by atoms with van der Waals surface area (Å²) in [5, 5.41) is 7.18. The molecule has 0 atom stereocenters. The van der Waals surface area contributed by atoms with E-state index in [0.717, 1.165) is 16.9 Å². The molecule has 1 N–H and O–H groups in total. The lowest BCUT2D eigenvalue weighted by molar-refractivity contribution is 0.0937. The Balaban J connectivity index is 1.13. The lowest BCUT2D eigenvalue weighted by Crippen LogP contribution is -2.24. The minimum absolute atomic E-state index is 0.0265. The maximum Gasteiger partial charge on any atom is 0.293 e. The summed E-state index contributed by atoms with van der Waals surface area (Å²) in [5.74, 6) is 0.549. The molecule has 6 rings (SSSR count). The number of amides is 1. The summed E-state index contributed by atoms with van der Waals surface area (Å²) in [6, 6.07) is 7.73. The summed E-state index contributed by atoms with van der Waals surface area (Å²) in [6.07, 6.45) is 10.4. The van der Waals surface area contributed by atoms with Crippen LogP contribution in [0.2, 0.25) is 5.02 Å². The Labute approximate surface area is 187 Å². The zero-order chi connectivity index (χ0) is 21.7. The molecule has 5 heterocycles. The van der Waals surface area contributed by atoms with E-state index in [1.165, 1.54) is 18.4 Å². The molecule has 1 saturated carbocycles. The number of halogens is 1. The van der Waals surface area contributed by atoms with Gasteiger partial charge >= 0.3 is 0 Å². The van der Waals surface area contributed by atoms with E-state index in [0.29, 0.717) is 28.9 Å². The fraction of sp³-hybridized carbons (Fsp3) is 0.227. The van der Waals surface area contributed by atoms with Gasteiger partial charge in [-0.2, -0.15) is 4.98 Å². The predicted octanol–water partition coefficient (Wildman–Crippen LogP) is 3.42.